The predicted octanol–water partition coefficient (Wildman–Crippen LogP) is -0.134. The quantitative estimate of drug-likeness (QED) is 0.655. The van der Waals surface area contributed by atoms with Gasteiger partial charge in [0.15, 0.2) is 5.75 Å². The Morgan fingerprint density at radius 3 is 2.33 bits per heavy atom. The summed E-state index contributed by atoms with van der Waals surface area (Å²) in [6.45, 7) is 1.64. The number of hydrogen-bond acceptors (Lipinski definition) is 5. The average Bonchev–Trinajstić information content (AvgIpc) is 2.65. The molecular formula is C10H17NO6S. The maximum atomic E-state index is 11.7. The van der Waals surface area contributed by atoms with Crippen LogP contribution in [0.1, 0.15) is 32.6 Å². The number of hydrogen-bond donors (Lipinski definition) is 2. The van der Waals surface area contributed by atoms with Crippen LogP contribution in [0.5, 0.6) is 0 Å². The molecule has 1 fully saturated rings. The van der Waals surface area contributed by atoms with E-state index < -0.39 is 33.3 Å². The molecule has 0 aromatic carbocycles. The molecule has 104 valence electrons. The van der Waals surface area contributed by atoms with Crippen molar-refractivity contribution in [1.29, 1.82) is 0 Å². The Morgan fingerprint density at radius 1 is 1.33 bits per heavy atom. The number of esters is 1. The Balaban J connectivity index is 2.75. The molecule has 8 heteroatoms. The molecule has 0 radical (unpaired) electrons. The summed E-state index contributed by atoms with van der Waals surface area (Å²) in [5, 5.41) is 9.12. The van der Waals surface area contributed by atoms with Gasteiger partial charge in [-0.2, -0.15) is 4.72 Å². The zero-order valence-corrected chi connectivity index (χ0v) is 11.0. The number of carbonyl (C=O) groups excluding carboxylic acids is 1. The van der Waals surface area contributed by atoms with E-state index >= 15 is 0 Å². The van der Waals surface area contributed by atoms with Crippen LogP contribution in [-0.2, 0) is 24.3 Å². The van der Waals surface area contributed by atoms with E-state index in [0.717, 1.165) is 0 Å². The topological polar surface area (TPSA) is 110 Å². The molecule has 0 heterocycles. The largest absolute Gasteiger partial charge is 0.480 e. The normalized spacial score (nSPS) is 18.5. The first-order valence-electron chi connectivity index (χ1n) is 5.72. The number of carbonyl (C=O) groups is 2. The highest BCUT2D eigenvalue weighted by Gasteiger charge is 2.44. The van der Waals surface area contributed by atoms with E-state index in [4.69, 9.17) is 5.11 Å². The monoisotopic (exact) mass is 279 g/mol. The van der Waals surface area contributed by atoms with Gasteiger partial charge in [0.2, 0.25) is 10.0 Å². The highest BCUT2D eigenvalue weighted by Crippen LogP contribution is 2.30. The second-order valence-corrected chi connectivity index (χ2v) is 5.98. The van der Waals surface area contributed by atoms with Crippen molar-refractivity contribution in [2.75, 3.05) is 12.4 Å². The molecule has 0 aromatic rings. The number of carboxylic acid groups (broad SMARTS) is 1. The first kappa shape index (κ1) is 14.9. The van der Waals surface area contributed by atoms with Crippen LogP contribution in [0.2, 0.25) is 0 Å². The molecule has 1 aliphatic carbocycles. The highest BCUT2D eigenvalue weighted by atomic mass is 32.2. The molecule has 1 saturated carbocycles. The summed E-state index contributed by atoms with van der Waals surface area (Å²) < 4.78 is 30.1. The summed E-state index contributed by atoms with van der Waals surface area (Å²) in [6.07, 6.45) is 1.78. The molecule has 1 rings (SSSR count). The summed E-state index contributed by atoms with van der Waals surface area (Å²) in [7, 11) is -4.00. The molecule has 18 heavy (non-hydrogen) atoms. The van der Waals surface area contributed by atoms with Gasteiger partial charge in [0.1, 0.15) is 5.54 Å². The van der Waals surface area contributed by atoms with Crippen LogP contribution in [0.25, 0.3) is 0 Å². The maximum Gasteiger partial charge on any atom is 0.324 e. The number of ether oxygens (including phenoxy) is 1. The van der Waals surface area contributed by atoms with Gasteiger partial charge < -0.3 is 9.84 Å². The Bertz CT molecular complexity index is 424. The number of carboxylic acids is 1. The minimum atomic E-state index is -4.00. The van der Waals surface area contributed by atoms with Gasteiger partial charge in [-0.05, 0) is 19.8 Å². The minimum absolute atomic E-state index is 0.0818. The van der Waals surface area contributed by atoms with Crippen molar-refractivity contribution in [3.8, 4) is 0 Å². The lowest BCUT2D eigenvalue weighted by Gasteiger charge is -2.24. The third kappa shape index (κ3) is 3.67. The number of rotatable bonds is 6. The van der Waals surface area contributed by atoms with E-state index in [2.05, 4.69) is 9.46 Å². The first-order chi connectivity index (χ1) is 8.31. The van der Waals surface area contributed by atoms with Gasteiger partial charge in [-0.25, -0.2) is 8.42 Å². The number of sulfonamides is 1. The van der Waals surface area contributed by atoms with Gasteiger partial charge in [0.25, 0.3) is 0 Å². The molecule has 0 saturated heterocycles. The highest BCUT2D eigenvalue weighted by molar-refractivity contribution is 7.90. The van der Waals surface area contributed by atoms with Crippen LogP contribution >= 0.6 is 0 Å². The van der Waals surface area contributed by atoms with Crippen molar-refractivity contribution in [3.05, 3.63) is 0 Å². The Labute approximate surface area is 106 Å². The van der Waals surface area contributed by atoms with E-state index in [9.17, 15) is 18.0 Å². The SMILES string of the molecule is CCOC(=O)CS(=O)(=O)NC1(C(=O)O)CCCC1. The van der Waals surface area contributed by atoms with E-state index in [1.54, 1.807) is 6.92 Å². The fourth-order valence-corrected chi connectivity index (χ4v) is 3.38. The first-order valence-corrected chi connectivity index (χ1v) is 7.37. The number of aliphatic carboxylic acids is 1. The standard InChI is InChI=1S/C10H17NO6S/c1-2-17-8(12)7-18(15,16)11-10(9(13)14)5-3-4-6-10/h11H,2-7H2,1H3,(H,13,14). The lowest BCUT2D eigenvalue weighted by Crippen LogP contribution is -2.53. The lowest BCUT2D eigenvalue weighted by molar-refractivity contribution is -0.144. The van der Waals surface area contributed by atoms with Gasteiger partial charge in [0, 0.05) is 0 Å². The third-order valence-corrected chi connectivity index (χ3v) is 4.15. The van der Waals surface area contributed by atoms with E-state index in [1.165, 1.54) is 0 Å². The molecule has 0 spiro atoms. The molecule has 0 aliphatic heterocycles. The fraction of sp³-hybridized carbons (Fsp3) is 0.800. The molecule has 1 aliphatic rings. The summed E-state index contributed by atoms with van der Waals surface area (Å²) in [4.78, 5) is 22.3. The lowest BCUT2D eigenvalue weighted by atomic mass is 10.0. The average molecular weight is 279 g/mol. The van der Waals surface area contributed by atoms with Crippen LogP contribution in [-0.4, -0.2) is 43.4 Å². The van der Waals surface area contributed by atoms with E-state index in [0.29, 0.717) is 12.8 Å². The third-order valence-electron chi connectivity index (χ3n) is 2.83. The summed E-state index contributed by atoms with van der Waals surface area (Å²) >= 11 is 0. The second kappa shape index (κ2) is 5.66. The van der Waals surface area contributed by atoms with Gasteiger partial charge in [-0.3, -0.25) is 9.59 Å². The van der Waals surface area contributed by atoms with Crippen molar-refractivity contribution < 1.29 is 27.9 Å². The Hall–Kier alpha value is -1.15. The zero-order valence-electron chi connectivity index (χ0n) is 10.1. The minimum Gasteiger partial charge on any atom is -0.480 e. The smallest absolute Gasteiger partial charge is 0.324 e. The molecule has 0 amide bonds. The van der Waals surface area contributed by atoms with Crippen LogP contribution < -0.4 is 4.72 Å². The van der Waals surface area contributed by atoms with Crippen molar-refractivity contribution in [1.82, 2.24) is 4.72 Å². The number of nitrogens with one attached hydrogen (secondary N) is 1. The maximum absolute atomic E-state index is 11.7. The molecule has 7 nitrogen and oxygen atoms in total. The summed E-state index contributed by atoms with van der Waals surface area (Å²) in [6, 6.07) is 0. The second-order valence-electron chi connectivity index (χ2n) is 4.26. The van der Waals surface area contributed by atoms with Crippen LogP contribution in [0.15, 0.2) is 0 Å². The molecule has 0 atom stereocenters. The van der Waals surface area contributed by atoms with Crippen molar-refractivity contribution in [3.63, 3.8) is 0 Å². The molecular weight excluding hydrogens is 262 g/mol. The van der Waals surface area contributed by atoms with E-state index in [1.807, 2.05) is 0 Å². The van der Waals surface area contributed by atoms with Crippen LogP contribution in [0, 0.1) is 0 Å². The van der Waals surface area contributed by atoms with Gasteiger partial charge >= 0.3 is 11.9 Å². The van der Waals surface area contributed by atoms with E-state index in [-0.39, 0.29) is 19.4 Å². The fourth-order valence-electron chi connectivity index (χ4n) is 2.03. The molecule has 0 unspecified atom stereocenters. The molecule has 0 aromatic heterocycles. The van der Waals surface area contributed by atoms with Gasteiger partial charge in [-0.1, -0.05) is 12.8 Å². The van der Waals surface area contributed by atoms with Gasteiger partial charge in [0.05, 0.1) is 6.61 Å². The summed E-state index contributed by atoms with van der Waals surface area (Å²) in [5.41, 5.74) is -1.47. The van der Waals surface area contributed by atoms with Crippen LogP contribution in [0.3, 0.4) is 0 Å². The summed E-state index contributed by atoms with van der Waals surface area (Å²) in [5.74, 6) is -2.94. The van der Waals surface area contributed by atoms with Gasteiger partial charge in [-0.15, -0.1) is 0 Å². The predicted molar refractivity (Wildman–Crippen MR) is 62.4 cm³/mol. The Morgan fingerprint density at radius 2 is 1.89 bits per heavy atom. The van der Waals surface area contributed by atoms with Crippen molar-refractivity contribution >= 4 is 22.0 Å². The van der Waals surface area contributed by atoms with Crippen LogP contribution in [0.4, 0.5) is 0 Å². The van der Waals surface area contributed by atoms with Crippen molar-refractivity contribution in [2.45, 2.75) is 38.1 Å². The zero-order chi connectivity index (χ0) is 13.8. The molecule has 0 bridgehead atoms. The Kier molecular flexibility index (Phi) is 4.69. The van der Waals surface area contributed by atoms with Crippen molar-refractivity contribution in [2.24, 2.45) is 0 Å². The molecule has 2 N–H and O–H groups in total.